The molecule has 1 aromatic carbocycles. The molecule has 98 valence electrons. The van der Waals surface area contributed by atoms with Gasteiger partial charge in [-0.25, -0.2) is 0 Å². The Hall–Kier alpha value is -1.06. The Morgan fingerprint density at radius 2 is 2.11 bits per heavy atom. The van der Waals surface area contributed by atoms with Crippen molar-refractivity contribution in [3.8, 4) is 5.75 Å². The lowest BCUT2D eigenvalue weighted by Gasteiger charge is -2.43. The summed E-state index contributed by atoms with van der Waals surface area (Å²) in [6.07, 6.45) is 0. The molecule has 0 aliphatic carbocycles. The van der Waals surface area contributed by atoms with Gasteiger partial charge in [0, 0.05) is 30.1 Å². The maximum absolute atomic E-state index is 5.84. The molecule has 0 bridgehead atoms. The Labute approximate surface area is 109 Å². The van der Waals surface area contributed by atoms with Crippen LogP contribution in [0.3, 0.4) is 0 Å². The van der Waals surface area contributed by atoms with E-state index >= 15 is 0 Å². The molecular formula is C15H21NO2. The van der Waals surface area contributed by atoms with Crippen LogP contribution in [0.15, 0.2) is 24.3 Å². The van der Waals surface area contributed by atoms with E-state index in [0.29, 0.717) is 11.5 Å². The monoisotopic (exact) mass is 247 g/mol. The highest BCUT2D eigenvalue weighted by molar-refractivity contribution is 5.36. The molecule has 1 saturated heterocycles. The van der Waals surface area contributed by atoms with Crippen LogP contribution in [-0.2, 0) is 4.74 Å². The average Bonchev–Trinajstić information content (AvgIpc) is 2.49. The number of rotatable bonds is 2. The first-order chi connectivity index (χ1) is 8.68. The van der Waals surface area contributed by atoms with Crippen molar-refractivity contribution >= 4 is 0 Å². The van der Waals surface area contributed by atoms with E-state index in [1.165, 1.54) is 5.56 Å². The fourth-order valence-electron chi connectivity index (χ4n) is 2.87. The fraction of sp³-hybridized carbons (Fsp3) is 0.600. The molecule has 1 fully saturated rings. The number of ether oxygens (including phenoxy) is 2. The Morgan fingerprint density at radius 1 is 1.33 bits per heavy atom. The van der Waals surface area contributed by atoms with E-state index in [1.807, 2.05) is 6.07 Å². The van der Waals surface area contributed by atoms with Crippen molar-refractivity contribution in [1.82, 2.24) is 4.90 Å². The molecule has 0 radical (unpaired) electrons. The SMILES string of the molecule is CC1c2ccccc2OCCN1CC1(C)COC1. The van der Waals surface area contributed by atoms with Crippen molar-refractivity contribution in [1.29, 1.82) is 0 Å². The second kappa shape index (κ2) is 4.56. The molecule has 3 nitrogen and oxygen atoms in total. The highest BCUT2D eigenvalue weighted by Gasteiger charge is 2.37. The number of nitrogens with zero attached hydrogens (tertiary/aromatic N) is 1. The molecule has 0 amide bonds. The zero-order valence-electron chi connectivity index (χ0n) is 11.2. The molecule has 1 aromatic rings. The predicted molar refractivity (Wildman–Crippen MR) is 70.9 cm³/mol. The summed E-state index contributed by atoms with van der Waals surface area (Å²) >= 11 is 0. The van der Waals surface area contributed by atoms with Gasteiger partial charge in [-0.1, -0.05) is 25.1 Å². The van der Waals surface area contributed by atoms with Crippen LogP contribution in [0.5, 0.6) is 5.75 Å². The van der Waals surface area contributed by atoms with Gasteiger partial charge < -0.3 is 9.47 Å². The van der Waals surface area contributed by atoms with E-state index in [4.69, 9.17) is 9.47 Å². The van der Waals surface area contributed by atoms with Gasteiger partial charge in [-0.3, -0.25) is 4.90 Å². The first-order valence-electron chi connectivity index (χ1n) is 6.71. The highest BCUT2D eigenvalue weighted by atomic mass is 16.5. The molecule has 0 spiro atoms. The van der Waals surface area contributed by atoms with Crippen LogP contribution in [0.1, 0.15) is 25.5 Å². The maximum atomic E-state index is 5.84. The fourth-order valence-corrected chi connectivity index (χ4v) is 2.87. The minimum atomic E-state index is 0.327. The zero-order chi connectivity index (χ0) is 12.6. The lowest BCUT2D eigenvalue weighted by molar-refractivity contribution is -0.118. The van der Waals surface area contributed by atoms with Crippen LogP contribution >= 0.6 is 0 Å². The van der Waals surface area contributed by atoms with E-state index in [2.05, 4.69) is 36.9 Å². The highest BCUT2D eigenvalue weighted by Crippen LogP contribution is 2.35. The van der Waals surface area contributed by atoms with Crippen molar-refractivity contribution in [3.63, 3.8) is 0 Å². The lowest BCUT2D eigenvalue weighted by Crippen LogP contribution is -2.49. The Balaban J connectivity index is 1.80. The summed E-state index contributed by atoms with van der Waals surface area (Å²) in [7, 11) is 0. The van der Waals surface area contributed by atoms with Gasteiger partial charge in [-0.2, -0.15) is 0 Å². The van der Waals surface area contributed by atoms with Crippen molar-refractivity contribution in [2.75, 3.05) is 32.9 Å². The van der Waals surface area contributed by atoms with E-state index in [0.717, 1.165) is 38.7 Å². The summed E-state index contributed by atoms with van der Waals surface area (Å²) in [6.45, 7) is 9.21. The molecule has 0 saturated carbocycles. The number of hydrogen-bond acceptors (Lipinski definition) is 3. The van der Waals surface area contributed by atoms with Gasteiger partial charge in [0.15, 0.2) is 0 Å². The molecule has 2 heterocycles. The lowest BCUT2D eigenvalue weighted by atomic mass is 9.87. The second-order valence-corrected chi connectivity index (χ2v) is 5.84. The summed E-state index contributed by atoms with van der Waals surface area (Å²) in [5.41, 5.74) is 1.63. The third-order valence-corrected chi connectivity index (χ3v) is 4.04. The minimum absolute atomic E-state index is 0.327. The average molecular weight is 247 g/mol. The van der Waals surface area contributed by atoms with Gasteiger partial charge in [0.1, 0.15) is 12.4 Å². The summed E-state index contributed by atoms with van der Waals surface area (Å²) < 4.78 is 11.2. The van der Waals surface area contributed by atoms with Crippen molar-refractivity contribution in [2.45, 2.75) is 19.9 Å². The topological polar surface area (TPSA) is 21.7 Å². The van der Waals surface area contributed by atoms with Crippen LogP contribution in [0, 0.1) is 5.41 Å². The van der Waals surface area contributed by atoms with Gasteiger partial charge in [-0.05, 0) is 13.0 Å². The number of para-hydroxylation sites is 1. The molecule has 1 atom stereocenters. The predicted octanol–water partition coefficient (Wildman–Crippen LogP) is 2.48. The Morgan fingerprint density at radius 3 is 2.83 bits per heavy atom. The number of hydrogen-bond donors (Lipinski definition) is 0. The number of benzene rings is 1. The Kier molecular flexibility index (Phi) is 3.04. The van der Waals surface area contributed by atoms with E-state index in [1.54, 1.807) is 0 Å². The van der Waals surface area contributed by atoms with Gasteiger partial charge in [0.05, 0.1) is 13.2 Å². The van der Waals surface area contributed by atoms with Gasteiger partial charge in [0.25, 0.3) is 0 Å². The Bertz CT molecular complexity index is 428. The molecule has 0 aromatic heterocycles. The van der Waals surface area contributed by atoms with Crippen LogP contribution in [-0.4, -0.2) is 37.8 Å². The van der Waals surface area contributed by atoms with Crippen LogP contribution in [0.4, 0.5) is 0 Å². The largest absolute Gasteiger partial charge is 0.492 e. The third-order valence-electron chi connectivity index (χ3n) is 4.04. The summed E-state index contributed by atoms with van der Waals surface area (Å²) in [5.74, 6) is 1.04. The second-order valence-electron chi connectivity index (χ2n) is 5.84. The standard InChI is InChI=1S/C15H21NO2/c1-12-13-5-3-4-6-14(13)18-8-7-16(12)9-15(2)10-17-11-15/h3-6,12H,7-11H2,1-2H3. The summed E-state index contributed by atoms with van der Waals surface area (Å²) in [6, 6.07) is 8.81. The quantitative estimate of drug-likeness (QED) is 0.801. The summed E-state index contributed by atoms with van der Waals surface area (Å²) in [5, 5.41) is 0. The van der Waals surface area contributed by atoms with Crippen LogP contribution in [0.2, 0.25) is 0 Å². The smallest absolute Gasteiger partial charge is 0.124 e. The van der Waals surface area contributed by atoms with Crippen molar-refractivity contribution in [2.24, 2.45) is 5.41 Å². The third kappa shape index (κ3) is 2.13. The van der Waals surface area contributed by atoms with Crippen molar-refractivity contribution < 1.29 is 9.47 Å². The van der Waals surface area contributed by atoms with E-state index in [9.17, 15) is 0 Å². The molecule has 2 aliphatic rings. The normalized spacial score (nSPS) is 26.7. The number of fused-ring (bicyclic) bond motifs is 1. The van der Waals surface area contributed by atoms with Gasteiger partial charge >= 0.3 is 0 Å². The minimum Gasteiger partial charge on any atom is -0.492 e. The van der Waals surface area contributed by atoms with Crippen LogP contribution in [0.25, 0.3) is 0 Å². The molecule has 18 heavy (non-hydrogen) atoms. The molecule has 3 heteroatoms. The van der Waals surface area contributed by atoms with E-state index < -0.39 is 0 Å². The van der Waals surface area contributed by atoms with Gasteiger partial charge in [-0.15, -0.1) is 0 Å². The first kappa shape index (κ1) is 12.0. The summed E-state index contributed by atoms with van der Waals surface area (Å²) in [4.78, 5) is 2.52. The first-order valence-corrected chi connectivity index (χ1v) is 6.71. The molecule has 1 unspecified atom stereocenters. The molecule has 2 aliphatic heterocycles. The van der Waals surface area contributed by atoms with Gasteiger partial charge in [0.2, 0.25) is 0 Å². The molecule has 3 rings (SSSR count). The zero-order valence-corrected chi connectivity index (χ0v) is 11.2. The molecule has 0 N–H and O–H groups in total. The maximum Gasteiger partial charge on any atom is 0.124 e. The van der Waals surface area contributed by atoms with Crippen LogP contribution < -0.4 is 4.74 Å². The molecular weight excluding hydrogens is 226 g/mol. The van der Waals surface area contributed by atoms with E-state index in [-0.39, 0.29) is 0 Å². The van der Waals surface area contributed by atoms with Crippen molar-refractivity contribution in [3.05, 3.63) is 29.8 Å².